The number of hydrogen-bond donors (Lipinski definition) is 0. The van der Waals surface area contributed by atoms with Crippen molar-refractivity contribution in [2.24, 2.45) is 23.7 Å². The molecule has 132 valence electrons. The molecule has 0 spiro atoms. The van der Waals surface area contributed by atoms with Crippen molar-refractivity contribution in [3.05, 3.63) is 11.6 Å². The van der Waals surface area contributed by atoms with E-state index >= 15 is 0 Å². The first-order chi connectivity index (χ1) is 11.1. The molecule has 0 aromatic rings. The summed E-state index contributed by atoms with van der Waals surface area (Å²) in [5.74, 6) is 2.71. The van der Waals surface area contributed by atoms with Gasteiger partial charge in [0.15, 0.2) is 0 Å². The number of alkyl halides is 2. The van der Waals surface area contributed by atoms with Gasteiger partial charge in [0.25, 0.3) is 0 Å². The third kappa shape index (κ3) is 3.95. The van der Waals surface area contributed by atoms with Crippen LogP contribution in [0.4, 0.5) is 4.39 Å². The zero-order valence-corrected chi connectivity index (χ0v) is 15.4. The molecule has 0 aliphatic heterocycles. The second-order valence-electron chi connectivity index (χ2n) is 8.18. The molecular weight excluding hydrogens is 311 g/mol. The molecule has 0 saturated heterocycles. The molecular formula is C20H32ClFO. The van der Waals surface area contributed by atoms with Crippen LogP contribution in [0.3, 0.4) is 0 Å². The van der Waals surface area contributed by atoms with Crippen LogP contribution in [0, 0.1) is 23.7 Å². The summed E-state index contributed by atoms with van der Waals surface area (Å²) < 4.78 is 20.0. The van der Waals surface area contributed by atoms with Crippen molar-refractivity contribution in [3.63, 3.8) is 0 Å². The quantitative estimate of drug-likeness (QED) is 0.457. The first kappa shape index (κ1) is 17.7. The summed E-state index contributed by atoms with van der Waals surface area (Å²) >= 11 is 6.28. The Labute approximate surface area is 146 Å². The minimum atomic E-state index is -0.950. The Bertz CT molecular complexity index is 416. The number of methoxy groups -OCH3 is 1. The average molecular weight is 343 g/mol. The Balaban J connectivity index is 1.56. The highest BCUT2D eigenvalue weighted by atomic mass is 35.5. The van der Waals surface area contributed by atoms with E-state index in [1.54, 1.807) is 7.11 Å². The van der Waals surface area contributed by atoms with Crippen LogP contribution in [0.15, 0.2) is 11.6 Å². The van der Waals surface area contributed by atoms with E-state index in [1.165, 1.54) is 37.7 Å². The van der Waals surface area contributed by atoms with Crippen molar-refractivity contribution >= 4 is 11.6 Å². The van der Waals surface area contributed by atoms with Gasteiger partial charge in [-0.25, -0.2) is 4.39 Å². The maximum Gasteiger partial charge on any atom is 0.125 e. The summed E-state index contributed by atoms with van der Waals surface area (Å²) in [4.78, 5) is 0. The molecule has 3 aliphatic rings. The van der Waals surface area contributed by atoms with E-state index in [-0.39, 0.29) is 12.0 Å². The molecule has 1 nitrogen and oxygen atoms in total. The number of allylic oxidation sites excluding steroid dienone is 2. The van der Waals surface area contributed by atoms with Crippen molar-refractivity contribution in [1.82, 2.24) is 0 Å². The van der Waals surface area contributed by atoms with Crippen LogP contribution < -0.4 is 0 Å². The summed E-state index contributed by atoms with van der Waals surface area (Å²) in [6.07, 6.45) is 12.2. The number of rotatable bonds is 3. The van der Waals surface area contributed by atoms with Crippen LogP contribution >= 0.6 is 11.6 Å². The molecule has 0 heterocycles. The highest BCUT2D eigenvalue weighted by Crippen LogP contribution is 2.44. The summed E-state index contributed by atoms with van der Waals surface area (Å²) in [6.45, 7) is 2.38. The van der Waals surface area contributed by atoms with E-state index in [9.17, 15) is 4.39 Å². The van der Waals surface area contributed by atoms with E-state index in [0.29, 0.717) is 0 Å². The SMILES string of the molecule is COC1CCC(C2=CCC(C3CCC(C)CC3)CC2)C(F)C1Cl. The van der Waals surface area contributed by atoms with E-state index in [4.69, 9.17) is 16.3 Å². The molecule has 23 heavy (non-hydrogen) atoms. The van der Waals surface area contributed by atoms with Gasteiger partial charge in [0, 0.05) is 13.0 Å². The van der Waals surface area contributed by atoms with Gasteiger partial charge < -0.3 is 4.74 Å². The molecule has 0 N–H and O–H groups in total. The third-order valence-corrected chi connectivity index (χ3v) is 7.32. The zero-order valence-electron chi connectivity index (χ0n) is 14.6. The normalized spacial score (nSPS) is 45.6. The Morgan fingerprint density at radius 1 is 1.04 bits per heavy atom. The molecule has 3 rings (SSSR count). The average Bonchev–Trinajstić information content (AvgIpc) is 2.58. The Hall–Kier alpha value is -0.0800. The first-order valence-corrected chi connectivity index (χ1v) is 10.0. The Kier molecular flexibility index (Phi) is 6.07. The van der Waals surface area contributed by atoms with Gasteiger partial charge in [-0.2, -0.15) is 0 Å². The summed E-state index contributed by atoms with van der Waals surface area (Å²) in [5, 5.41) is -0.489. The number of ether oxygens (including phenoxy) is 1. The second kappa shape index (κ2) is 7.87. The number of halogens is 2. The van der Waals surface area contributed by atoms with Crippen LogP contribution in [0.1, 0.15) is 64.7 Å². The lowest BCUT2D eigenvalue weighted by atomic mass is 9.69. The minimum absolute atomic E-state index is 0.0382. The highest BCUT2D eigenvalue weighted by molar-refractivity contribution is 6.21. The fourth-order valence-electron chi connectivity index (χ4n) is 5.12. The third-order valence-electron chi connectivity index (χ3n) is 6.80. The first-order valence-electron chi connectivity index (χ1n) is 9.60. The molecule has 0 aromatic heterocycles. The van der Waals surface area contributed by atoms with Gasteiger partial charge >= 0.3 is 0 Å². The van der Waals surface area contributed by atoms with Gasteiger partial charge in [-0.05, 0) is 62.7 Å². The summed E-state index contributed by atoms with van der Waals surface area (Å²) in [5.41, 5.74) is 1.35. The van der Waals surface area contributed by atoms with Crippen LogP contribution in [0.2, 0.25) is 0 Å². The van der Waals surface area contributed by atoms with Crippen molar-refractivity contribution in [1.29, 1.82) is 0 Å². The van der Waals surface area contributed by atoms with Gasteiger partial charge in [0.05, 0.1) is 11.5 Å². The van der Waals surface area contributed by atoms with Gasteiger partial charge in [0.2, 0.25) is 0 Å². The molecule has 0 bridgehead atoms. The van der Waals surface area contributed by atoms with Crippen molar-refractivity contribution in [2.75, 3.05) is 7.11 Å². The fourth-order valence-corrected chi connectivity index (χ4v) is 5.53. The molecule has 2 saturated carbocycles. The minimum Gasteiger partial charge on any atom is -0.380 e. The number of hydrogen-bond acceptors (Lipinski definition) is 1. The molecule has 3 aliphatic carbocycles. The zero-order chi connectivity index (χ0) is 16.4. The Morgan fingerprint density at radius 2 is 1.78 bits per heavy atom. The molecule has 0 radical (unpaired) electrons. The van der Waals surface area contributed by atoms with E-state index in [1.807, 2.05) is 0 Å². The van der Waals surface area contributed by atoms with Gasteiger partial charge in [-0.15, -0.1) is 11.6 Å². The van der Waals surface area contributed by atoms with E-state index in [0.717, 1.165) is 43.4 Å². The standard InChI is InChI=1S/C20H32ClFO/c1-13-3-5-14(6-4-13)15-7-9-16(10-8-15)17-11-12-18(23-2)19(21)20(17)22/h9,13-15,17-20H,3-8,10-12H2,1-2H3. The van der Waals surface area contributed by atoms with Crippen LogP contribution in [0.5, 0.6) is 0 Å². The fraction of sp³-hybridized carbons (Fsp3) is 0.900. The van der Waals surface area contributed by atoms with Gasteiger partial charge in [-0.3, -0.25) is 0 Å². The van der Waals surface area contributed by atoms with Crippen molar-refractivity contribution in [2.45, 2.75) is 82.4 Å². The van der Waals surface area contributed by atoms with Gasteiger partial charge in [0.1, 0.15) is 6.17 Å². The largest absolute Gasteiger partial charge is 0.380 e. The van der Waals surface area contributed by atoms with E-state index in [2.05, 4.69) is 13.0 Å². The van der Waals surface area contributed by atoms with E-state index < -0.39 is 11.5 Å². The molecule has 2 fully saturated rings. The molecule has 5 atom stereocenters. The second-order valence-corrected chi connectivity index (χ2v) is 8.68. The lowest BCUT2D eigenvalue weighted by Crippen LogP contribution is -2.42. The van der Waals surface area contributed by atoms with Crippen molar-refractivity contribution < 1.29 is 9.13 Å². The van der Waals surface area contributed by atoms with Crippen LogP contribution in [-0.4, -0.2) is 24.8 Å². The predicted octanol–water partition coefficient (Wildman–Crippen LogP) is 5.91. The maximum absolute atomic E-state index is 14.7. The molecule has 0 aromatic carbocycles. The molecule has 5 unspecified atom stereocenters. The van der Waals surface area contributed by atoms with Crippen LogP contribution in [-0.2, 0) is 4.74 Å². The smallest absolute Gasteiger partial charge is 0.125 e. The lowest BCUT2D eigenvalue weighted by Gasteiger charge is -2.39. The Morgan fingerprint density at radius 3 is 2.39 bits per heavy atom. The predicted molar refractivity (Wildman–Crippen MR) is 94.6 cm³/mol. The monoisotopic (exact) mass is 342 g/mol. The summed E-state index contributed by atoms with van der Waals surface area (Å²) in [6, 6.07) is 0. The highest BCUT2D eigenvalue weighted by Gasteiger charge is 2.41. The van der Waals surface area contributed by atoms with Gasteiger partial charge in [-0.1, -0.05) is 31.4 Å². The lowest BCUT2D eigenvalue weighted by molar-refractivity contribution is 0.0264. The summed E-state index contributed by atoms with van der Waals surface area (Å²) in [7, 11) is 1.64. The van der Waals surface area contributed by atoms with Crippen molar-refractivity contribution in [3.8, 4) is 0 Å². The maximum atomic E-state index is 14.7. The van der Waals surface area contributed by atoms with Crippen LogP contribution in [0.25, 0.3) is 0 Å². The molecule has 3 heteroatoms. The molecule has 0 amide bonds. The topological polar surface area (TPSA) is 9.23 Å².